The van der Waals surface area contributed by atoms with Gasteiger partial charge in [0.05, 0.1) is 0 Å². The highest BCUT2D eigenvalue weighted by Gasteiger charge is 2.33. The van der Waals surface area contributed by atoms with Gasteiger partial charge in [-0.05, 0) is 57.5 Å². The fraction of sp³-hybridized carbons (Fsp3) is 0.739. The predicted molar refractivity (Wildman–Crippen MR) is 118 cm³/mol. The van der Waals surface area contributed by atoms with Gasteiger partial charge in [0, 0.05) is 55.1 Å². The summed E-state index contributed by atoms with van der Waals surface area (Å²) in [6.45, 7) is 4.35. The number of aromatic nitrogens is 2. The van der Waals surface area contributed by atoms with Crippen molar-refractivity contribution in [3.05, 3.63) is 18.0 Å². The summed E-state index contributed by atoms with van der Waals surface area (Å²) < 4.78 is 0. The predicted octanol–water partition coefficient (Wildman–Crippen LogP) is 3.11. The minimum atomic E-state index is 0.151. The van der Waals surface area contributed by atoms with Crippen LogP contribution in [0.25, 0.3) is 0 Å². The Bertz CT molecular complexity index is 714. The average Bonchev–Trinajstić information content (AvgIpc) is 2.81. The zero-order valence-electron chi connectivity index (χ0n) is 18.1. The van der Waals surface area contributed by atoms with Gasteiger partial charge in [-0.25, -0.2) is 9.97 Å². The Morgan fingerprint density at radius 3 is 2.10 bits per heavy atom. The third-order valence-corrected chi connectivity index (χ3v) is 7.36. The molecule has 7 heteroatoms. The van der Waals surface area contributed by atoms with Crippen LogP contribution in [0.5, 0.6) is 0 Å². The van der Waals surface area contributed by atoms with Crippen LogP contribution >= 0.6 is 0 Å². The van der Waals surface area contributed by atoms with Gasteiger partial charge in [0.2, 0.25) is 11.9 Å². The first kappa shape index (κ1) is 21.2. The molecule has 0 unspecified atom stereocenters. The molecule has 2 aliphatic heterocycles. The molecule has 1 aliphatic carbocycles. The molecule has 3 N–H and O–H groups in total. The van der Waals surface area contributed by atoms with Crippen molar-refractivity contribution in [1.82, 2.24) is 19.8 Å². The van der Waals surface area contributed by atoms with E-state index in [0.717, 1.165) is 69.7 Å². The fourth-order valence-corrected chi connectivity index (χ4v) is 5.46. The molecule has 0 radical (unpaired) electrons. The number of hydrogen-bond donors (Lipinski definition) is 2. The van der Waals surface area contributed by atoms with Crippen LogP contribution in [0.3, 0.4) is 0 Å². The van der Waals surface area contributed by atoms with Crippen LogP contribution in [-0.4, -0.2) is 57.6 Å². The summed E-state index contributed by atoms with van der Waals surface area (Å²) in [5.41, 5.74) is 7.61. The molecular weight excluding hydrogens is 376 g/mol. The lowest BCUT2D eigenvalue weighted by Gasteiger charge is -2.38. The van der Waals surface area contributed by atoms with Crippen LogP contribution in [0.15, 0.2) is 12.4 Å². The minimum Gasteiger partial charge on any atom is -0.368 e. The van der Waals surface area contributed by atoms with Crippen LogP contribution in [0.1, 0.15) is 63.4 Å². The average molecular weight is 413 g/mol. The first-order chi connectivity index (χ1) is 14.6. The number of carbonyl (C=O) groups excluding carboxylic acids is 1. The van der Waals surface area contributed by atoms with E-state index in [1.165, 1.54) is 32.1 Å². The maximum Gasteiger partial charge on any atom is 0.225 e. The fourth-order valence-electron chi connectivity index (χ4n) is 5.46. The van der Waals surface area contributed by atoms with E-state index in [1.807, 2.05) is 0 Å². The van der Waals surface area contributed by atoms with Crippen molar-refractivity contribution >= 4 is 17.6 Å². The molecule has 1 aromatic heterocycles. The maximum absolute atomic E-state index is 13.1. The summed E-state index contributed by atoms with van der Waals surface area (Å²) in [6.07, 6.45) is 13.7. The SMILES string of the molecule is N=C(C1CCCCC1)C1CCN(C(=O)C2CCN(Cc3cnc(N)nc3)CC2)CC1. The second kappa shape index (κ2) is 9.86. The largest absolute Gasteiger partial charge is 0.368 e. The number of anilines is 1. The highest BCUT2D eigenvalue weighted by Crippen LogP contribution is 2.31. The molecule has 3 fully saturated rings. The zero-order valence-corrected chi connectivity index (χ0v) is 18.1. The van der Waals surface area contributed by atoms with E-state index in [-0.39, 0.29) is 5.92 Å². The number of rotatable bonds is 5. The van der Waals surface area contributed by atoms with Gasteiger partial charge in [-0.3, -0.25) is 9.69 Å². The lowest BCUT2D eigenvalue weighted by Crippen LogP contribution is -2.46. The summed E-state index contributed by atoms with van der Waals surface area (Å²) in [4.78, 5) is 25.6. The molecule has 0 aromatic carbocycles. The first-order valence-electron chi connectivity index (χ1n) is 11.8. The summed E-state index contributed by atoms with van der Waals surface area (Å²) >= 11 is 0. The second-order valence-corrected chi connectivity index (χ2v) is 9.39. The third-order valence-electron chi connectivity index (χ3n) is 7.36. The van der Waals surface area contributed by atoms with Gasteiger partial charge in [0.25, 0.3) is 0 Å². The number of nitrogens with one attached hydrogen (secondary N) is 1. The van der Waals surface area contributed by atoms with E-state index >= 15 is 0 Å². The number of likely N-dealkylation sites (tertiary alicyclic amines) is 2. The molecule has 2 saturated heterocycles. The van der Waals surface area contributed by atoms with E-state index in [0.29, 0.717) is 23.7 Å². The first-order valence-corrected chi connectivity index (χ1v) is 11.8. The number of amides is 1. The van der Waals surface area contributed by atoms with E-state index in [1.54, 1.807) is 12.4 Å². The van der Waals surface area contributed by atoms with Crippen LogP contribution in [0.4, 0.5) is 5.95 Å². The normalized spacial score (nSPS) is 22.9. The van der Waals surface area contributed by atoms with Crippen LogP contribution < -0.4 is 5.73 Å². The number of carbonyl (C=O) groups is 1. The highest BCUT2D eigenvalue weighted by molar-refractivity contribution is 5.86. The molecule has 1 aromatic rings. The van der Waals surface area contributed by atoms with Crippen molar-refractivity contribution in [3.63, 3.8) is 0 Å². The van der Waals surface area contributed by atoms with Crippen molar-refractivity contribution in [2.24, 2.45) is 17.8 Å². The Balaban J connectivity index is 1.20. The number of hydrogen-bond acceptors (Lipinski definition) is 6. The molecular formula is C23H36N6O. The third kappa shape index (κ3) is 5.17. The molecule has 0 spiro atoms. The van der Waals surface area contributed by atoms with E-state index in [9.17, 15) is 4.79 Å². The summed E-state index contributed by atoms with van der Waals surface area (Å²) in [6, 6.07) is 0. The quantitative estimate of drug-likeness (QED) is 0.724. The Morgan fingerprint density at radius 2 is 1.47 bits per heavy atom. The highest BCUT2D eigenvalue weighted by atomic mass is 16.2. The topological polar surface area (TPSA) is 99.2 Å². The molecule has 164 valence electrons. The van der Waals surface area contributed by atoms with Crippen LogP contribution in [0.2, 0.25) is 0 Å². The molecule has 1 saturated carbocycles. The number of nitrogens with two attached hydrogens (primary N) is 1. The lowest BCUT2D eigenvalue weighted by atomic mass is 9.78. The molecule has 0 bridgehead atoms. The van der Waals surface area contributed by atoms with Crippen LogP contribution in [0, 0.1) is 23.2 Å². The Hall–Kier alpha value is -2.02. The Kier molecular flexibility index (Phi) is 6.97. The zero-order chi connectivity index (χ0) is 20.9. The second-order valence-electron chi connectivity index (χ2n) is 9.39. The number of nitrogens with zero attached hydrogens (tertiary/aromatic N) is 4. The molecule has 4 rings (SSSR count). The minimum absolute atomic E-state index is 0.151. The Labute approximate surface area is 179 Å². The van der Waals surface area contributed by atoms with E-state index < -0.39 is 0 Å². The molecule has 3 aliphatic rings. The van der Waals surface area contributed by atoms with Crippen molar-refractivity contribution in [3.8, 4) is 0 Å². The number of nitrogen functional groups attached to an aromatic ring is 1. The molecule has 30 heavy (non-hydrogen) atoms. The summed E-state index contributed by atoms with van der Waals surface area (Å²) in [5, 5.41) is 8.65. The standard InChI is InChI=1S/C23H36N6O/c24-21(18-4-2-1-3-5-18)19-8-12-29(13-9-19)22(30)20-6-10-28(11-7-20)16-17-14-26-23(25)27-15-17/h14-15,18-20,24H,1-13,16H2,(H2,25,26,27). The van der Waals surface area contributed by atoms with Gasteiger partial charge in [-0.2, -0.15) is 0 Å². The van der Waals surface area contributed by atoms with Gasteiger partial charge < -0.3 is 16.0 Å². The molecule has 3 heterocycles. The molecule has 7 nitrogen and oxygen atoms in total. The van der Waals surface area contributed by atoms with Crippen molar-refractivity contribution in [2.45, 2.75) is 64.3 Å². The molecule has 0 atom stereocenters. The van der Waals surface area contributed by atoms with E-state index in [4.69, 9.17) is 11.1 Å². The van der Waals surface area contributed by atoms with Crippen LogP contribution in [-0.2, 0) is 11.3 Å². The van der Waals surface area contributed by atoms with Gasteiger partial charge in [-0.1, -0.05) is 19.3 Å². The summed E-state index contributed by atoms with van der Waals surface area (Å²) in [7, 11) is 0. The Morgan fingerprint density at radius 1 is 0.900 bits per heavy atom. The van der Waals surface area contributed by atoms with Gasteiger partial charge in [-0.15, -0.1) is 0 Å². The van der Waals surface area contributed by atoms with E-state index in [2.05, 4.69) is 19.8 Å². The maximum atomic E-state index is 13.1. The summed E-state index contributed by atoms with van der Waals surface area (Å²) in [5.74, 6) is 1.72. The van der Waals surface area contributed by atoms with Gasteiger partial charge >= 0.3 is 0 Å². The van der Waals surface area contributed by atoms with Crippen molar-refractivity contribution in [1.29, 1.82) is 5.41 Å². The lowest BCUT2D eigenvalue weighted by molar-refractivity contribution is -0.138. The van der Waals surface area contributed by atoms with Crippen molar-refractivity contribution < 1.29 is 4.79 Å². The smallest absolute Gasteiger partial charge is 0.225 e. The van der Waals surface area contributed by atoms with Gasteiger partial charge in [0.15, 0.2) is 0 Å². The van der Waals surface area contributed by atoms with Gasteiger partial charge in [0.1, 0.15) is 0 Å². The monoisotopic (exact) mass is 412 g/mol. The van der Waals surface area contributed by atoms with Crippen molar-refractivity contribution in [2.75, 3.05) is 31.9 Å². The molecule has 1 amide bonds. The number of piperidine rings is 2.